The zero-order valence-electron chi connectivity index (χ0n) is 12.3. The Bertz CT molecular complexity index is 495. The molecular formula is C14H23N3O2. The molecule has 1 aromatic heterocycles. The lowest BCUT2D eigenvalue weighted by molar-refractivity contribution is -0.144. The number of carboxylic acids is 1. The third-order valence-electron chi connectivity index (χ3n) is 4.47. The predicted molar refractivity (Wildman–Crippen MR) is 73.0 cm³/mol. The molecule has 1 fully saturated rings. The molecule has 0 aromatic carbocycles. The van der Waals surface area contributed by atoms with E-state index in [1.807, 2.05) is 32.5 Å². The van der Waals surface area contributed by atoms with Gasteiger partial charge in [0.05, 0.1) is 5.69 Å². The molecule has 5 heteroatoms. The number of carbonyl (C=O) groups is 1. The molecule has 1 aliphatic rings. The Morgan fingerprint density at radius 1 is 1.47 bits per heavy atom. The number of hydrogen-bond donors (Lipinski definition) is 1. The Balaban J connectivity index is 2.33. The van der Waals surface area contributed by atoms with Crippen LogP contribution < -0.4 is 0 Å². The van der Waals surface area contributed by atoms with Gasteiger partial charge in [-0.25, -0.2) is 0 Å². The van der Waals surface area contributed by atoms with Gasteiger partial charge in [-0.2, -0.15) is 5.10 Å². The first-order valence-electron chi connectivity index (χ1n) is 6.83. The average molecular weight is 265 g/mol. The highest BCUT2D eigenvalue weighted by atomic mass is 16.4. The van der Waals surface area contributed by atoms with Crippen LogP contribution in [0.2, 0.25) is 0 Å². The average Bonchev–Trinajstić information content (AvgIpc) is 2.80. The maximum atomic E-state index is 11.5. The molecule has 19 heavy (non-hydrogen) atoms. The summed E-state index contributed by atoms with van der Waals surface area (Å²) >= 11 is 0. The summed E-state index contributed by atoms with van der Waals surface area (Å²) < 4.78 is 1.87. The van der Waals surface area contributed by atoms with Gasteiger partial charge in [-0.3, -0.25) is 14.4 Å². The zero-order valence-corrected chi connectivity index (χ0v) is 12.3. The number of aromatic nitrogens is 2. The van der Waals surface area contributed by atoms with Gasteiger partial charge >= 0.3 is 5.97 Å². The second-order valence-electron chi connectivity index (χ2n) is 5.67. The van der Waals surface area contributed by atoms with E-state index >= 15 is 0 Å². The molecular weight excluding hydrogens is 242 g/mol. The first-order valence-corrected chi connectivity index (χ1v) is 6.83. The largest absolute Gasteiger partial charge is 0.480 e. The quantitative estimate of drug-likeness (QED) is 0.906. The Labute approximate surface area is 114 Å². The fraction of sp³-hybridized carbons (Fsp3) is 0.714. The van der Waals surface area contributed by atoms with Crippen LogP contribution in [0.1, 0.15) is 43.3 Å². The van der Waals surface area contributed by atoms with Crippen molar-refractivity contribution in [1.29, 1.82) is 0 Å². The minimum absolute atomic E-state index is 0.0970. The van der Waals surface area contributed by atoms with E-state index in [4.69, 9.17) is 0 Å². The van der Waals surface area contributed by atoms with Crippen LogP contribution in [-0.4, -0.2) is 38.3 Å². The molecule has 3 unspecified atom stereocenters. The van der Waals surface area contributed by atoms with Crippen LogP contribution in [0.5, 0.6) is 0 Å². The standard InChI is InChI=1S/C14H23N3O2/c1-8-6-7-17(13(8)14(18)19)11(4)12-9(2)15-16(5)10(12)3/h8,11,13H,6-7H2,1-5H3,(H,18,19). The molecule has 1 aromatic rings. The van der Waals surface area contributed by atoms with Crippen molar-refractivity contribution in [3.05, 3.63) is 17.0 Å². The SMILES string of the molecule is Cc1nn(C)c(C)c1C(C)N1CCC(C)C1C(=O)O. The van der Waals surface area contributed by atoms with Crippen molar-refractivity contribution in [2.45, 2.75) is 46.2 Å². The van der Waals surface area contributed by atoms with Gasteiger partial charge in [-0.15, -0.1) is 0 Å². The highest BCUT2D eigenvalue weighted by Crippen LogP contribution is 2.34. The van der Waals surface area contributed by atoms with E-state index in [9.17, 15) is 9.90 Å². The Morgan fingerprint density at radius 3 is 2.58 bits per heavy atom. The monoisotopic (exact) mass is 265 g/mol. The van der Waals surface area contributed by atoms with Crippen molar-refractivity contribution in [3.8, 4) is 0 Å². The maximum absolute atomic E-state index is 11.5. The van der Waals surface area contributed by atoms with Crippen LogP contribution >= 0.6 is 0 Å². The minimum Gasteiger partial charge on any atom is -0.480 e. The lowest BCUT2D eigenvalue weighted by Gasteiger charge is -2.30. The van der Waals surface area contributed by atoms with E-state index < -0.39 is 5.97 Å². The van der Waals surface area contributed by atoms with E-state index in [1.54, 1.807) is 0 Å². The van der Waals surface area contributed by atoms with Gasteiger partial charge in [0.25, 0.3) is 0 Å². The summed E-state index contributed by atoms with van der Waals surface area (Å²) in [7, 11) is 1.93. The molecule has 1 saturated heterocycles. The summed E-state index contributed by atoms with van der Waals surface area (Å²) in [4.78, 5) is 13.6. The Kier molecular flexibility index (Phi) is 3.67. The summed E-state index contributed by atoms with van der Waals surface area (Å²) in [5.41, 5.74) is 3.28. The first kappa shape index (κ1) is 14.1. The molecule has 0 spiro atoms. The molecule has 0 saturated carbocycles. The molecule has 1 aliphatic heterocycles. The Morgan fingerprint density at radius 2 is 2.11 bits per heavy atom. The lowest BCUT2D eigenvalue weighted by atomic mass is 10.0. The lowest BCUT2D eigenvalue weighted by Crippen LogP contribution is -2.40. The molecule has 0 aliphatic carbocycles. The van der Waals surface area contributed by atoms with E-state index in [1.165, 1.54) is 5.56 Å². The summed E-state index contributed by atoms with van der Waals surface area (Å²) in [6, 6.07) is -0.284. The highest BCUT2D eigenvalue weighted by Gasteiger charge is 2.40. The fourth-order valence-electron chi connectivity index (χ4n) is 3.36. The van der Waals surface area contributed by atoms with Gasteiger partial charge in [0.15, 0.2) is 0 Å². The highest BCUT2D eigenvalue weighted by molar-refractivity contribution is 5.74. The number of nitrogens with zero attached hydrogens (tertiary/aromatic N) is 3. The molecule has 0 radical (unpaired) electrons. The van der Waals surface area contributed by atoms with Gasteiger partial charge in [0.1, 0.15) is 6.04 Å². The van der Waals surface area contributed by atoms with E-state index in [0.717, 1.165) is 24.4 Å². The molecule has 1 N–H and O–H groups in total. The summed E-state index contributed by atoms with van der Waals surface area (Å²) in [6.07, 6.45) is 0.944. The molecule has 0 amide bonds. The first-order chi connectivity index (χ1) is 8.84. The smallest absolute Gasteiger partial charge is 0.321 e. The van der Waals surface area contributed by atoms with Crippen LogP contribution in [-0.2, 0) is 11.8 Å². The van der Waals surface area contributed by atoms with Crippen LogP contribution in [0.25, 0.3) is 0 Å². The molecule has 3 atom stereocenters. The number of carboxylic acid groups (broad SMARTS) is 1. The number of aliphatic carboxylic acids is 1. The van der Waals surface area contributed by atoms with Crippen molar-refractivity contribution in [2.75, 3.05) is 6.54 Å². The third kappa shape index (κ3) is 2.27. The van der Waals surface area contributed by atoms with Gasteiger partial charge in [0.2, 0.25) is 0 Å². The topological polar surface area (TPSA) is 58.4 Å². The summed E-state index contributed by atoms with van der Waals surface area (Å²) in [6.45, 7) is 8.99. The second kappa shape index (κ2) is 4.96. The fourth-order valence-corrected chi connectivity index (χ4v) is 3.36. The molecule has 2 rings (SSSR count). The number of hydrogen-bond acceptors (Lipinski definition) is 3. The van der Waals surface area contributed by atoms with Gasteiger partial charge in [-0.05, 0) is 39.7 Å². The van der Waals surface area contributed by atoms with Crippen molar-refractivity contribution >= 4 is 5.97 Å². The molecule has 2 heterocycles. The van der Waals surface area contributed by atoms with Gasteiger partial charge in [0, 0.05) is 24.3 Å². The van der Waals surface area contributed by atoms with Crippen molar-refractivity contribution in [3.63, 3.8) is 0 Å². The van der Waals surface area contributed by atoms with Gasteiger partial charge in [-0.1, -0.05) is 6.92 Å². The van der Waals surface area contributed by atoms with Crippen LogP contribution in [0.4, 0.5) is 0 Å². The summed E-state index contributed by atoms with van der Waals surface area (Å²) in [5, 5.41) is 13.9. The van der Waals surface area contributed by atoms with Crippen LogP contribution in [0, 0.1) is 19.8 Å². The number of likely N-dealkylation sites (tertiary alicyclic amines) is 1. The zero-order chi connectivity index (χ0) is 14.3. The van der Waals surface area contributed by atoms with Crippen LogP contribution in [0.15, 0.2) is 0 Å². The molecule has 0 bridgehead atoms. The van der Waals surface area contributed by atoms with Gasteiger partial charge < -0.3 is 5.11 Å². The molecule has 106 valence electrons. The number of aryl methyl sites for hydroxylation is 2. The predicted octanol–water partition coefficient (Wildman–Crippen LogP) is 1.89. The maximum Gasteiger partial charge on any atom is 0.321 e. The van der Waals surface area contributed by atoms with Crippen molar-refractivity contribution in [2.24, 2.45) is 13.0 Å². The second-order valence-corrected chi connectivity index (χ2v) is 5.67. The normalized spacial score (nSPS) is 25.7. The minimum atomic E-state index is -0.712. The van der Waals surface area contributed by atoms with E-state index in [2.05, 4.69) is 16.9 Å². The third-order valence-corrected chi connectivity index (χ3v) is 4.47. The molecule has 5 nitrogen and oxygen atoms in total. The summed E-state index contributed by atoms with van der Waals surface area (Å²) in [5.74, 6) is -0.506. The Hall–Kier alpha value is -1.36. The van der Waals surface area contributed by atoms with Crippen LogP contribution in [0.3, 0.4) is 0 Å². The van der Waals surface area contributed by atoms with Crippen molar-refractivity contribution < 1.29 is 9.90 Å². The number of rotatable bonds is 3. The van der Waals surface area contributed by atoms with Crippen molar-refractivity contribution in [1.82, 2.24) is 14.7 Å². The van der Waals surface area contributed by atoms with E-state index in [0.29, 0.717) is 0 Å². The van der Waals surface area contributed by atoms with E-state index in [-0.39, 0.29) is 18.0 Å².